The van der Waals surface area contributed by atoms with E-state index in [-0.39, 0.29) is 0 Å². The van der Waals surface area contributed by atoms with Crippen LogP contribution in [-0.4, -0.2) is 28.7 Å². The molecule has 0 radical (unpaired) electrons. The monoisotopic (exact) mass is 170 g/mol. The first kappa shape index (κ1) is 8.45. The zero-order chi connectivity index (χ0) is 9.14. The Morgan fingerprint density at radius 1 is 1.58 bits per heavy atom. The van der Waals surface area contributed by atoms with Crippen LogP contribution in [0.3, 0.4) is 0 Å². The number of carbonyl (C=O) groups is 3. The number of hydrogen-bond donors (Lipinski definition) is 1. The van der Waals surface area contributed by atoms with Crippen LogP contribution in [0, 0.1) is 0 Å². The van der Waals surface area contributed by atoms with Crippen molar-refractivity contribution in [3.8, 4) is 0 Å². The Bertz CT molecular complexity index is 265. The van der Waals surface area contributed by atoms with E-state index in [1.54, 1.807) is 0 Å². The molecule has 0 amide bonds. The van der Waals surface area contributed by atoms with Gasteiger partial charge in [-0.2, -0.15) is 0 Å². The fourth-order valence-electron chi connectivity index (χ4n) is 0.816. The number of ether oxygens (including phenoxy) is 1. The van der Waals surface area contributed by atoms with Gasteiger partial charge in [-0.25, -0.2) is 0 Å². The van der Waals surface area contributed by atoms with Crippen LogP contribution in [0.2, 0.25) is 0 Å². The molecular formula is C7H6O5. The lowest BCUT2D eigenvalue weighted by atomic mass is 10.1. The van der Waals surface area contributed by atoms with Crippen LogP contribution in [0.4, 0.5) is 0 Å². The molecule has 1 N–H and O–H groups in total. The summed E-state index contributed by atoms with van der Waals surface area (Å²) in [6.45, 7) is 0. The van der Waals surface area contributed by atoms with Gasteiger partial charge in [0.1, 0.15) is 6.42 Å². The number of carboxylic acids is 1. The fraction of sp³-hybridized carbons (Fsp3) is 0.286. The van der Waals surface area contributed by atoms with Crippen LogP contribution < -0.4 is 0 Å². The van der Waals surface area contributed by atoms with E-state index in [4.69, 9.17) is 5.11 Å². The number of rotatable bonds is 3. The van der Waals surface area contributed by atoms with E-state index in [2.05, 4.69) is 4.74 Å². The van der Waals surface area contributed by atoms with Gasteiger partial charge < -0.3 is 9.84 Å². The molecule has 5 heteroatoms. The van der Waals surface area contributed by atoms with Crippen LogP contribution in [0.5, 0.6) is 0 Å². The Labute approximate surface area is 67.6 Å². The molecule has 1 aliphatic heterocycles. The average Bonchev–Trinajstić information content (AvgIpc) is 2.33. The maximum absolute atomic E-state index is 10.9. The van der Waals surface area contributed by atoms with E-state index in [0.29, 0.717) is 0 Å². The summed E-state index contributed by atoms with van der Waals surface area (Å²) >= 11 is 0. The molecule has 12 heavy (non-hydrogen) atoms. The SMILES string of the molecule is O=C(O)CC(=O)C1OC=CC1=O. The third-order valence-electron chi connectivity index (χ3n) is 1.32. The van der Waals surface area contributed by atoms with Gasteiger partial charge in [0.05, 0.1) is 6.26 Å². The van der Waals surface area contributed by atoms with Crippen molar-refractivity contribution >= 4 is 17.5 Å². The van der Waals surface area contributed by atoms with Gasteiger partial charge in [0.25, 0.3) is 0 Å². The maximum Gasteiger partial charge on any atom is 0.311 e. The van der Waals surface area contributed by atoms with Gasteiger partial charge in [0.15, 0.2) is 5.78 Å². The Kier molecular flexibility index (Phi) is 2.23. The number of Topliss-reactive ketones (excluding diaryl/α,β-unsaturated/α-hetero) is 1. The number of aliphatic carboxylic acids is 1. The zero-order valence-corrected chi connectivity index (χ0v) is 6.02. The summed E-state index contributed by atoms with van der Waals surface area (Å²) in [5, 5.41) is 8.22. The second kappa shape index (κ2) is 3.17. The lowest BCUT2D eigenvalue weighted by molar-refractivity contribution is -0.143. The molecule has 0 saturated heterocycles. The Morgan fingerprint density at radius 2 is 2.25 bits per heavy atom. The first-order valence-electron chi connectivity index (χ1n) is 3.21. The minimum Gasteiger partial charge on any atom is -0.482 e. The van der Waals surface area contributed by atoms with Gasteiger partial charge >= 0.3 is 5.97 Å². The molecule has 0 aromatic heterocycles. The normalized spacial score (nSPS) is 20.7. The maximum atomic E-state index is 10.9. The van der Waals surface area contributed by atoms with E-state index in [1.807, 2.05) is 0 Å². The quantitative estimate of drug-likeness (QED) is 0.578. The molecule has 0 aromatic rings. The highest BCUT2D eigenvalue weighted by Gasteiger charge is 2.30. The van der Waals surface area contributed by atoms with Crippen molar-refractivity contribution in [3.05, 3.63) is 12.3 Å². The van der Waals surface area contributed by atoms with Gasteiger partial charge in [-0.05, 0) is 0 Å². The molecule has 5 nitrogen and oxygen atoms in total. The van der Waals surface area contributed by atoms with E-state index in [1.165, 1.54) is 0 Å². The molecule has 64 valence electrons. The Morgan fingerprint density at radius 3 is 2.67 bits per heavy atom. The lowest BCUT2D eigenvalue weighted by Gasteiger charge is -2.04. The summed E-state index contributed by atoms with van der Waals surface area (Å²) in [5.74, 6) is -2.48. The molecule has 0 aromatic carbocycles. The van der Waals surface area contributed by atoms with Crippen LogP contribution in [0.15, 0.2) is 12.3 Å². The molecule has 1 rings (SSSR count). The third-order valence-corrected chi connectivity index (χ3v) is 1.32. The number of hydrogen-bond acceptors (Lipinski definition) is 4. The highest BCUT2D eigenvalue weighted by molar-refractivity contribution is 6.14. The van der Waals surface area contributed by atoms with Crippen molar-refractivity contribution in [2.24, 2.45) is 0 Å². The molecule has 0 fully saturated rings. The van der Waals surface area contributed by atoms with Gasteiger partial charge in [-0.15, -0.1) is 0 Å². The molecule has 0 bridgehead atoms. The van der Waals surface area contributed by atoms with Crippen LogP contribution >= 0.6 is 0 Å². The first-order chi connectivity index (χ1) is 5.61. The molecule has 0 spiro atoms. The molecule has 0 aliphatic carbocycles. The smallest absolute Gasteiger partial charge is 0.311 e. The Hall–Kier alpha value is -1.65. The Balaban J connectivity index is 2.54. The molecule has 0 saturated carbocycles. The van der Waals surface area contributed by atoms with Crippen molar-refractivity contribution in [2.75, 3.05) is 0 Å². The highest BCUT2D eigenvalue weighted by atomic mass is 16.5. The summed E-state index contributed by atoms with van der Waals surface area (Å²) in [4.78, 5) is 31.7. The molecule has 1 atom stereocenters. The lowest BCUT2D eigenvalue weighted by Crippen LogP contribution is -2.28. The van der Waals surface area contributed by atoms with Gasteiger partial charge in [0.2, 0.25) is 11.9 Å². The van der Waals surface area contributed by atoms with E-state index >= 15 is 0 Å². The summed E-state index contributed by atoms with van der Waals surface area (Å²) in [6.07, 6.45) is 0.274. The zero-order valence-electron chi connectivity index (χ0n) is 6.02. The highest BCUT2D eigenvalue weighted by Crippen LogP contribution is 2.07. The minimum absolute atomic E-state index is 0.499. The van der Waals surface area contributed by atoms with Crippen molar-refractivity contribution < 1.29 is 24.2 Å². The van der Waals surface area contributed by atoms with Gasteiger partial charge in [-0.3, -0.25) is 14.4 Å². The van der Waals surface area contributed by atoms with Crippen molar-refractivity contribution in [1.29, 1.82) is 0 Å². The van der Waals surface area contributed by atoms with Crippen molar-refractivity contribution in [3.63, 3.8) is 0 Å². The summed E-state index contributed by atoms with van der Waals surface area (Å²) < 4.78 is 4.58. The molecule has 1 unspecified atom stereocenters. The molecule has 1 aliphatic rings. The standard InChI is InChI=1S/C7H6O5/c8-4-1-2-12-7(4)5(9)3-6(10)11/h1-2,7H,3H2,(H,10,11). The van der Waals surface area contributed by atoms with Crippen LogP contribution in [0.1, 0.15) is 6.42 Å². The van der Waals surface area contributed by atoms with Gasteiger partial charge in [0, 0.05) is 6.08 Å². The second-order valence-corrected chi connectivity index (χ2v) is 2.26. The topological polar surface area (TPSA) is 80.7 Å². The molecule has 1 heterocycles. The summed E-state index contributed by atoms with van der Waals surface area (Å²) in [5.41, 5.74) is 0. The predicted octanol–water partition coefficient (Wildman–Crippen LogP) is -0.488. The van der Waals surface area contributed by atoms with Crippen LogP contribution in [0.25, 0.3) is 0 Å². The predicted molar refractivity (Wildman–Crippen MR) is 36.3 cm³/mol. The average molecular weight is 170 g/mol. The van der Waals surface area contributed by atoms with Gasteiger partial charge in [-0.1, -0.05) is 0 Å². The summed E-state index contributed by atoms with van der Waals surface area (Å²) in [7, 11) is 0. The van der Waals surface area contributed by atoms with E-state index < -0.39 is 30.1 Å². The third kappa shape index (κ3) is 1.69. The first-order valence-corrected chi connectivity index (χ1v) is 3.21. The van der Waals surface area contributed by atoms with Crippen molar-refractivity contribution in [2.45, 2.75) is 12.5 Å². The summed E-state index contributed by atoms with van der Waals surface area (Å²) in [6, 6.07) is 0. The van der Waals surface area contributed by atoms with Crippen LogP contribution in [-0.2, 0) is 19.1 Å². The molecular weight excluding hydrogens is 164 g/mol. The van der Waals surface area contributed by atoms with E-state index in [9.17, 15) is 14.4 Å². The second-order valence-electron chi connectivity index (χ2n) is 2.26. The fourth-order valence-corrected chi connectivity index (χ4v) is 0.816. The largest absolute Gasteiger partial charge is 0.482 e. The number of ketones is 2. The van der Waals surface area contributed by atoms with Crippen molar-refractivity contribution in [1.82, 2.24) is 0 Å². The number of carboxylic acid groups (broad SMARTS) is 1. The number of carbonyl (C=O) groups excluding carboxylic acids is 2. The minimum atomic E-state index is -1.26. The van der Waals surface area contributed by atoms with E-state index in [0.717, 1.165) is 12.3 Å².